The molecular weight excluding hydrogens is 437 g/mol. The van der Waals surface area contributed by atoms with E-state index in [1.165, 1.54) is 23.5 Å². The van der Waals surface area contributed by atoms with Crippen LogP contribution in [0.4, 0.5) is 9.39 Å². The van der Waals surface area contributed by atoms with Crippen molar-refractivity contribution in [3.05, 3.63) is 107 Å². The van der Waals surface area contributed by atoms with Gasteiger partial charge in [-0.3, -0.25) is 0 Å². The van der Waals surface area contributed by atoms with Crippen LogP contribution in [0.5, 0.6) is 5.75 Å². The number of esters is 1. The second-order valence-corrected chi connectivity index (χ2v) is 8.02. The van der Waals surface area contributed by atoms with E-state index in [1.54, 1.807) is 25.3 Å². The van der Waals surface area contributed by atoms with E-state index in [2.05, 4.69) is 4.99 Å². The Kier molecular flexibility index (Phi) is 7.27. The molecule has 0 unspecified atom stereocenters. The summed E-state index contributed by atoms with van der Waals surface area (Å²) in [5.41, 5.74) is 3.70. The summed E-state index contributed by atoms with van der Waals surface area (Å²) in [5.74, 6) is -0.0592. The minimum Gasteiger partial charge on any atom is -0.489 e. The van der Waals surface area contributed by atoms with Crippen LogP contribution >= 0.6 is 11.3 Å². The van der Waals surface area contributed by atoms with Crippen molar-refractivity contribution in [3.8, 4) is 16.9 Å². The lowest BCUT2D eigenvalue weighted by Gasteiger charge is -2.07. The van der Waals surface area contributed by atoms with Crippen molar-refractivity contribution in [1.29, 1.82) is 0 Å². The maximum atomic E-state index is 13.4. The molecule has 0 atom stereocenters. The van der Waals surface area contributed by atoms with Gasteiger partial charge in [0.1, 0.15) is 28.7 Å². The minimum atomic E-state index is -0.454. The number of benzene rings is 3. The summed E-state index contributed by atoms with van der Waals surface area (Å²) in [4.78, 5) is 17.3. The first-order valence-electron chi connectivity index (χ1n) is 10.5. The molecule has 3 aromatic carbocycles. The number of hydrogen-bond acceptors (Lipinski definition) is 5. The van der Waals surface area contributed by atoms with Crippen LogP contribution in [0.3, 0.4) is 0 Å². The molecule has 0 radical (unpaired) electrons. The van der Waals surface area contributed by atoms with Crippen LogP contribution in [0.15, 0.2) is 89.2 Å². The van der Waals surface area contributed by atoms with Gasteiger partial charge >= 0.3 is 5.97 Å². The summed E-state index contributed by atoms with van der Waals surface area (Å²) in [5, 5.41) is 2.37. The molecule has 4 nitrogen and oxygen atoms in total. The lowest BCUT2D eigenvalue weighted by atomic mass is 10.0. The van der Waals surface area contributed by atoms with Gasteiger partial charge in [0.2, 0.25) is 0 Å². The summed E-state index contributed by atoms with van der Waals surface area (Å²) in [7, 11) is 0. The normalized spacial score (nSPS) is 11.0. The van der Waals surface area contributed by atoms with Gasteiger partial charge < -0.3 is 9.47 Å². The van der Waals surface area contributed by atoms with Gasteiger partial charge in [-0.1, -0.05) is 54.6 Å². The molecule has 0 aliphatic carbocycles. The summed E-state index contributed by atoms with van der Waals surface area (Å²) >= 11 is 1.34. The topological polar surface area (TPSA) is 47.9 Å². The monoisotopic (exact) mass is 459 g/mol. The fourth-order valence-electron chi connectivity index (χ4n) is 3.24. The van der Waals surface area contributed by atoms with Crippen LogP contribution in [0, 0.1) is 5.82 Å². The van der Waals surface area contributed by atoms with Crippen molar-refractivity contribution in [1.82, 2.24) is 0 Å². The molecule has 0 spiro atoms. The molecule has 0 N–H and O–H groups in total. The van der Waals surface area contributed by atoms with E-state index in [1.807, 2.05) is 60.0 Å². The first-order valence-corrected chi connectivity index (χ1v) is 11.4. The molecule has 1 aromatic heterocycles. The van der Waals surface area contributed by atoms with Gasteiger partial charge in [0.15, 0.2) is 0 Å². The standard InChI is InChI=1S/C27H22FNO3S/c1-2-31-27(30)25-24(21-11-13-22(28)14-12-21)18-33-26(25)29-16-20-9-6-10-23(15-20)32-17-19-7-4-3-5-8-19/h3-16,18H,2,17H2,1H3. The number of ether oxygens (including phenoxy) is 2. The lowest BCUT2D eigenvalue weighted by Crippen LogP contribution is -2.05. The second-order valence-electron chi connectivity index (χ2n) is 7.16. The molecule has 0 amide bonds. The van der Waals surface area contributed by atoms with Gasteiger partial charge in [-0.05, 0) is 47.9 Å². The zero-order chi connectivity index (χ0) is 23.0. The Morgan fingerprint density at radius 3 is 2.58 bits per heavy atom. The maximum Gasteiger partial charge on any atom is 0.341 e. The molecule has 4 rings (SSSR count). The van der Waals surface area contributed by atoms with E-state index in [9.17, 15) is 9.18 Å². The quantitative estimate of drug-likeness (QED) is 0.209. The molecule has 0 aliphatic heterocycles. The highest BCUT2D eigenvalue weighted by molar-refractivity contribution is 7.14. The molecule has 0 bridgehead atoms. The third kappa shape index (κ3) is 5.73. The minimum absolute atomic E-state index is 0.251. The molecule has 0 aliphatic rings. The number of thiophene rings is 1. The van der Waals surface area contributed by atoms with E-state index < -0.39 is 5.97 Å². The van der Waals surface area contributed by atoms with Gasteiger partial charge in [-0.2, -0.15) is 0 Å². The first-order chi connectivity index (χ1) is 16.1. The number of hydrogen-bond donors (Lipinski definition) is 0. The molecule has 0 saturated carbocycles. The molecule has 0 saturated heterocycles. The van der Waals surface area contributed by atoms with E-state index in [-0.39, 0.29) is 12.4 Å². The van der Waals surface area contributed by atoms with Crippen molar-refractivity contribution in [3.63, 3.8) is 0 Å². The number of halogens is 1. The molecular formula is C27H22FNO3S. The van der Waals surface area contributed by atoms with E-state index in [0.29, 0.717) is 22.7 Å². The summed E-state index contributed by atoms with van der Waals surface area (Å²) in [6.45, 7) is 2.48. The zero-order valence-electron chi connectivity index (χ0n) is 18.0. The van der Waals surface area contributed by atoms with E-state index in [0.717, 1.165) is 22.4 Å². The molecule has 6 heteroatoms. The zero-order valence-corrected chi connectivity index (χ0v) is 18.8. The third-order valence-electron chi connectivity index (χ3n) is 4.84. The van der Waals surface area contributed by atoms with E-state index in [4.69, 9.17) is 9.47 Å². The fourth-order valence-corrected chi connectivity index (χ4v) is 4.15. The van der Waals surface area contributed by atoms with Crippen molar-refractivity contribution in [2.75, 3.05) is 6.61 Å². The summed E-state index contributed by atoms with van der Waals surface area (Å²) in [6.07, 6.45) is 1.69. The third-order valence-corrected chi connectivity index (χ3v) is 5.73. The predicted molar refractivity (Wildman–Crippen MR) is 130 cm³/mol. The van der Waals surface area contributed by atoms with Crippen molar-refractivity contribution in [2.45, 2.75) is 13.5 Å². The van der Waals surface area contributed by atoms with Crippen molar-refractivity contribution >= 4 is 28.5 Å². The van der Waals surface area contributed by atoms with Crippen LogP contribution in [-0.4, -0.2) is 18.8 Å². The number of rotatable bonds is 8. The van der Waals surface area contributed by atoms with Crippen LogP contribution in [-0.2, 0) is 11.3 Å². The highest BCUT2D eigenvalue weighted by Gasteiger charge is 2.21. The molecule has 1 heterocycles. The first kappa shape index (κ1) is 22.4. The summed E-state index contributed by atoms with van der Waals surface area (Å²) in [6, 6.07) is 23.6. The van der Waals surface area contributed by atoms with Crippen LogP contribution in [0.1, 0.15) is 28.4 Å². The SMILES string of the molecule is CCOC(=O)c1c(-c2ccc(F)cc2)csc1N=Cc1cccc(OCc2ccccc2)c1. The molecule has 33 heavy (non-hydrogen) atoms. The number of carbonyl (C=O) groups excluding carboxylic acids is 1. The average Bonchev–Trinajstić information content (AvgIpc) is 3.27. The van der Waals surface area contributed by atoms with Crippen LogP contribution in [0.2, 0.25) is 0 Å². The second kappa shape index (κ2) is 10.7. The molecule has 0 fully saturated rings. The summed E-state index contributed by atoms with van der Waals surface area (Å²) < 4.78 is 24.5. The number of nitrogens with zero attached hydrogens (tertiary/aromatic N) is 1. The van der Waals surface area contributed by atoms with Gasteiger partial charge in [-0.15, -0.1) is 11.3 Å². The fraction of sp³-hybridized carbons (Fsp3) is 0.111. The Labute approximate surface area is 196 Å². The molecule has 4 aromatic rings. The predicted octanol–water partition coefficient (Wildman–Crippen LogP) is 7.06. The molecule has 166 valence electrons. The largest absolute Gasteiger partial charge is 0.489 e. The maximum absolute atomic E-state index is 13.4. The van der Waals surface area contributed by atoms with Crippen LogP contribution in [0.25, 0.3) is 11.1 Å². The smallest absolute Gasteiger partial charge is 0.341 e. The van der Waals surface area contributed by atoms with Gasteiger partial charge in [0.05, 0.1) is 6.61 Å². The average molecular weight is 460 g/mol. The van der Waals surface area contributed by atoms with Crippen molar-refractivity contribution < 1.29 is 18.7 Å². The Morgan fingerprint density at radius 2 is 1.82 bits per heavy atom. The van der Waals surface area contributed by atoms with Gasteiger partial charge in [0.25, 0.3) is 0 Å². The number of carbonyl (C=O) groups is 1. The lowest BCUT2D eigenvalue weighted by molar-refractivity contribution is 0.0529. The number of aliphatic imine (C=N–C) groups is 1. The van der Waals surface area contributed by atoms with Gasteiger partial charge in [-0.25, -0.2) is 14.2 Å². The Bertz CT molecular complexity index is 1250. The highest BCUT2D eigenvalue weighted by Crippen LogP contribution is 2.38. The Balaban J connectivity index is 1.57. The van der Waals surface area contributed by atoms with Crippen LogP contribution < -0.4 is 4.74 Å². The Morgan fingerprint density at radius 1 is 1.03 bits per heavy atom. The highest BCUT2D eigenvalue weighted by atomic mass is 32.1. The van der Waals surface area contributed by atoms with Gasteiger partial charge in [0, 0.05) is 17.2 Å². The van der Waals surface area contributed by atoms with Crippen molar-refractivity contribution in [2.24, 2.45) is 4.99 Å². The van der Waals surface area contributed by atoms with E-state index >= 15 is 0 Å². The Hall–Kier alpha value is -3.77.